The summed E-state index contributed by atoms with van der Waals surface area (Å²) < 4.78 is 33.1. The first-order valence-corrected chi connectivity index (χ1v) is 13.1. The van der Waals surface area contributed by atoms with Gasteiger partial charge in [-0.15, -0.1) is 0 Å². The van der Waals surface area contributed by atoms with E-state index in [1.54, 1.807) is 34.1 Å². The Labute approximate surface area is 205 Å². The highest BCUT2D eigenvalue weighted by Gasteiger charge is 2.31. The van der Waals surface area contributed by atoms with Gasteiger partial charge in [0.15, 0.2) is 5.78 Å². The number of ketones is 1. The number of rotatable bonds is 7. The monoisotopic (exact) mass is 499 g/mol. The Balaban J connectivity index is 1.29. The van der Waals surface area contributed by atoms with Crippen molar-refractivity contribution in [2.45, 2.75) is 37.3 Å². The van der Waals surface area contributed by atoms with Crippen LogP contribution in [0.4, 0.5) is 0 Å². The second kappa shape index (κ2) is 10.7. The summed E-state index contributed by atoms with van der Waals surface area (Å²) in [6, 6.07) is 12.5. The zero-order valence-electron chi connectivity index (χ0n) is 19.6. The van der Waals surface area contributed by atoms with Crippen LogP contribution < -0.4 is 4.72 Å². The Bertz CT molecular complexity index is 1180. The number of amides is 2. The molecule has 0 saturated carbocycles. The number of nitrogens with one attached hydrogen (secondary N) is 1. The van der Waals surface area contributed by atoms with Crippen LogP contribution in [0, 0.1) is 0 Å². The highest BCUT2D eigenvalue weighted by molar-refractivity contribution is 7.89. The van der Waals surface area contributed by atoms with Gasteiger partial charge in [-0.1, -0.05) is 24.3 Å². The summed E-state index contributed by atoms with van der Waals surface area (Å²) in [5, 5.41) is 0. The van der Waals surface area contributed by atoms with Gasteiger partial charge in [0.05, 0.1) is 4.90 Å². The first-order valence-electron chi connectivity index (χ1n) is 11.6. The van der Waals surface area contributed by atoms with Crippen molar-refractivity contribution in [3.63, 3.8) is 0 Å². The zero-order valence-corrected chi connectivity index (χ0v) is 20.4. The number of sulfonamides is 1. The van der Waals surface area contributed by atoms with Gasteiger partial charge in [-0.25, -0.2) is 13.1 Å². The van der Waals surface area contributed by atoms with Crippen molar-refractivity contribution in [3.8, 4) is 0 Å². The highest BCUT2D eigenvalue weighted by atomic mass is 32.2. The minimum atomic E-state index is -3.74. The molecule has 2 heterocycles. The number of carbonyl (C=O) groups excluding carboxylic acids is 3. The second-order valence-electron chi connectivity index (χ2n) is 8.72. The Morgan fingerprint density at radius 2 is 1.51 bits per heavy atom. The second-order valence-corrected chi connectivity index (χ2v) is 10.5. The van der Waals surface area contributed by atoms with Crippen LogP contribution in [0.5, 0.6) is 0 Å². The van der Waals surface area contributed by atoms with Crippen molar-refractivity contribution in [3.05, 3.63) is 65.2 Å². The van der Waals surface area contributed by atoms with Gasteiger partial charge in [0.25, 0.3) is 11.8 Å². The summed E-state index contributed by atoms with van der Waals surface area (Å²) in [7, 11) is -3.74. The summed E-state index contributed by atoms with van der Waals surface area (Å²) in [5.41, 5.74) is 1.66. The van der Waals surface area contributed by atoms with E-state index in [4.69, 9.17) is 4.74 Å². The number of nitrogens with zero attached hydrogens (tertiary/aromatic N) is 2. The van der Waals surface area contributed by atoms with Crippen LogP contribution in [0.1, 0.15) is 46.0 Å². The molecule has 2 aliphatic heterocycles. The molecule has 1 N–H and O–H groups in total. The van der Waals surface area contributed by atoms with Crippen LogP contribution in [0.2, 0.25) is 0 Å². The van der Waals surface area contributed by atoms with Crippen molar-refractivity contribution < 1.29 is 27.5 Å². The van der Waals surface area contributed by atoms with Crippen molar-refractivity contribution in [2.75, 3.05) is 32.8 Å². The molecule has 186 valence electrons. The Morgan fingerprint density at radius 1 is 0.914 bits per heavy atom. The Morgan fingerprint density at radius 3 is 2.09 bits per heavy atom. The average Bonchev–Trinajstić information content (AvgIpc) is 3.42. The fourth-order valence-electron chi connectivity index (χ4n) is 4.18. The zero-order chi connectivity index (χ0) is 25.0. The number of hydrogen-bond acceptors (Lipinski definition) is 6. The predicted molar refractivity (Wildman–Crippen MR) is 128 cm³/mol. The molecule has 9 nitrogen and oxygen atoms in total. The van der Waals surface area contributed by atoms with Gasteiger partial charge < -0.3 is 14.5 Å². The smallest absolute Gasteiger partial charge is 0.253 e. The molecule has 10 heteroatoms. The standard InChI is InChI=1S/C25H29N3O6S/c1-18(29)20-8-10-22(11-9-20)35(32,33)26-17-19-4-6-21(7-5-19)24(30)27-12-14-28(15-13-27)25(31)23-3-2-16-34-23/h4-11,23,26H,2-3,12-17H2,1H3. The van der Waals surface area contributed by atoms with E-state index in [0.717, 1.165) is 12.8 Å². The summed E-state index contributed by atoms with van der Waals surface area (Å²) >= 11 is 0. The third kappa shape index (κ3) is 5.95. The van der Waals surface area contributed by atoms with Gasteiger partial charge in [0, 0.05) is 50.5 Å². The van der Waals surface area contributed by atoms with Crippen LogP contribution >= 0.6 is 0 Å². The molecule has 2 saturated heterocycles. The molecule has 2 aliphatic rings. The number of benzene rings is 2. The van der Waals surface area contributed by atoms with Crippen LogP contribution in [0.3, 0.4) is 0 Å². The van der Waals surface area contributed by atoms with Crippen LogP contribution in [-0.2, 0) is 26.1 Å². The maximum absolute atomic E-state index is 12.9. The molecule has 0 aromatic heterocycles. The molecule has 0 radical (unpaired) electrons. The number of Topliss-reactive ketones (excluding diaryl/α,β-unsaturated/α-hetero) is 1. The fraction of sp³-hybridized carbons (Fsp3) is 0.400. The third-order valence-corrected chi connectivity index (χ3v) is 7.74. The Hall–Kier alpha value is -3.08. The summed E-state index contributed by atoms with van der Waals surface area (Å²) in [6.07, 6.45) is 1.31. The number of piperazine rings is 1. The maximum atomic E-state index is 12.9. The fourth-order valence-corrected chi connectivity index (χ4v) is 5.20. The molecule has 35 heavy (non-hydrogen) atoms. The first-order chi connectivity index (χ1) is 16.7. The van der Waals surface area contributed by atoms with E-state index in [1.807, 2.05) is 0 Å². The van der Waals surface area contributed by atoms with Gasteiger partial charge in [-0.3, -0.25) is 14.4 Å². The topological polar surface area (TPSA) is 113 Å². The average molecular weight is 500 g/mol. The molecule has 1 unspecified atom stereocenters. The molecule has 2 amide bonds. The molecule has 1 atom stereocenters. The molecular weight excluding hydrogens is 470 g/mol. The van der Waals surface area contributed by atoms with Crippen molar-refractivity contribution in [2.24, 2.45) is 0 Å². The number of hydrogen-bond donors (Lipinski definition) is 1. The van der Waals surface area contributed by atoms with E-state index in [1.165, 1.54) is 31.2 Å². The predicted octanol–water partition coefficient (Wildman–Crippen LogP) is 1.83. The number of ether oxygens (including phenoxy) is 1. The van der Waals surface area contributed by atoms with E-state index in [-0.39, 0.29) is 35.1 Å². The normalized spacial score (nSPS) is 18.5. The molecule has 2 fully saturated rings. The van der Waals surface area contributed by atoms with Crippen LogP contribution in [0.25, 0.3) is 0 Å². The minimum Gasteiger partial charge on any atom is -0.368 e. The molecule has 0 bridgehead atoms. The highest BCUT2D eigenvalue weighted by Crippen LogP contribution is 2.17. The van der Waals surface area contributed by atoms with Crippen LogP contribution in [-0.4, -0.2) is 74.7 Å². The lowest BCUT2D eigenvalue weighted by Crippen LogP contribution is -2.52. The SMILES string of the molecule is CC(=O)c1ccc(S(=O)(=O)NCc2ccc(C(=O)N3CCN(C(=O)C4CCCO4)CC3)cc2)cc1. The van der Waals surface area contributed by atoms with Gasteiger partial charge in [-0.2, -0.15) is 0 Å². The van der Waals surface area contributed by atoms with E-state index >= 15 is 0 Å². The van der Waals surface area contributed by atoms with Crippen LogP contribution in [0.15, 0.2) is 53.4 Å². The largest absolute Gasteiger partial charge is 0.368 e. The lowest BCUT2D eigenvalue weighted by Gasteiger charge is -2.35. The first kappa shape index (κ1) is 25.0. The number of carbonyl (C=O) groups is 3. The van der Waals surface area contributed by atoms with Gasteiger partial charge in [0.1, 0.15) is 6.10 Å². The molecule has 2 aromatic rings. The van der Waals surface area contributed by atoms with Crippen molar-refractivity contribution >= 4 is 27.6 Å². The van der Waals surface area contributed by atoms with Gasteiger partial charge in [0.2, 0.25) is 10.0 Å². The van der Waals surface area contributed by atoms with E-state index < -0.39 is 10.0 Å². The lowest BCUT2D eigenvalue weighted by molar-refractivity contribution is -0.142. The Kier molecular flexibility index (Phi) is 7.63. The molecule has 2 aromatic carbocycles. The van der Waals surface area contributed by atoms with E-state index in [2.05, 4.69) is 4.72 Å². The van der Waals surface area contributed by atoms with Crippen molar-refractivity contribution in [1.82, 2.24) is 14.5 Å². The molecule has 4 rings (SSSR count). The quantitative estimate of drug-likeness (QED) is 0.582. The summed E-state index contributed by atoms with van der Waals surface area (Å²) in [5.74, 6) is -0.242. The minimum absolute atomic E-state index is 0.0104. The maximum Gasteiger partial charge on any atom is 0.253 e. The van der Waals surface area contributed by atoms with E-state index in [9.17, 15) is 22.8 Å². The van der Waals surface area contributed by atoms with Gasteiger partial charge in [-0.05, 0) is 49.6 Å². The molecule has 0 spiro atoms. The molecule has 0 aliphatic carbocycles. The lowest BCUT2D eigenvalue weighted by atomic mass is 10.1. The summed E-state index contributed by atoms with van der Waals surface area (Å²) in [4.78, 5) is 40.3. The van der Waals surface area contributed by atoms with E-state index in [0.29, 0.717) is 49.5 Å². The summed E-state index contributed by atoms with van der Waals surface area (Å²) in [6.45, 7) is 4.00. The van der Waals surface area contributed by atoms with Crippen molar-refractivity contribution in [1.29, 1.82) is 0 Å². The van der Waals surface area contributed by atoms with Gasteiger partial charge >= 0.3 is 0 Å². The third-order valence-electron chi connectivity index (χ3n) is 6.32. The molecular formula is C25H29N3O6S.